The minimum Gasteiger partial charge on any atom is -0.481 e. The van der Waals surface area contributed by atoms with Crippen LogP contribution in [0.4, 0.5) is 5.95 Å². The molecule has 4 nitrogen and oxygen atoms in total. The number of aromatic nitrogens is 2. The second kappa shape index (κ2) is 3.61. The van der Waals surface area contributed by atoms with Crippen molar-refractivity contribution in [2.24, 2.45) is 5.41 Å². The number of hydrogen-bond acceptors (Lipinski definition) is 4. The van der Waals surface area contributed by atoms with E-state index < -0.39 is 0 Å². The van der Waals surface area contributed by atoms with E-state index in [1.165, 1.54) is 25.7 Å². The second-order valence-electron chi connectivity index (χ2n) is 4.92. The zero-order chi connectivity index (χ0) is 11.0. The molecule has 0 unspecified atom stereocenters. The normalized spacial score (nSPS) is 22.2. The lowest BCUT2D eigenvalue weighted by Gasteiger charge is -2.32. The fourth-order valence-corrected chi connectivity index (χ4v) is 2.56. The SMILES string of the molecule is COc1ccnc(N2CCCC3(CC3)C2)n1. The van der Waals surface area contributed by atoms with Gasteiger partial charge in [0.15, 0.2) is 0 Å². The summed E-state index contributed by atoms with van der Waals surface area (Å²) < 4.78 is 5.14. The van der Waals surface area contributed by atoms with Gasteiger partial charge in [-0.1, -0.05) is 0 Å². The molecule has 86 valence electrons. The first-order valence-electron chi connectivity index (χ1n) is 5.93. The summed E-state index contributed by atoms with van der Waals surface area (Å²) >= 11 is 0. The van der Waals surface area contributed by atoms with Gasteiger partial charge >= 0.3 is 0 Å². The zero-order valence-electron chi connectivity index (χ0n) is 9.65. The van der Waals surface area contributed by atoms with Crippen LogP contribution in [0, 0.1) is 5.41 Å². The third kappa shape index (κ3) is 1.72. The maximum atomic E-state index is 5.14. The molecule has 0 radical (unpaired) electrons. The molecule has 0 amide bonds. The molecule has 2 aliphatic rings. The molecule has 1 aromatic heterocycles. The molecule has 16 heavy (non-hydrogen) atoms. The summed E-state index contributed by atoms with van der Waals surface area (Å²) in [7, 11) is 1.64. The Morgan fingerprint density at radius 3 is 3.00 bits per heavy atom. The monoisotopic (exact) mass is 219 g/mol. The minimum absolute atomic E-state index is 0.602. The molecular weight excluding hydrogens is 202 g/mol. The molecule has 1 saturated carbocycles. The summed E-state index contributed by atoms with van der Waals surface area (Å²) in [6.07, 6.45) is 7.18. The molecule has 1 aliphatic heterocycles. The highest BCUT2D eigenvalue weighted by atomic mass is 16.5. The minimum atomic E-state index is 0.602. The molecule has 1 aliphatic carbocycles. The molecule has 0 aromatic carbocycles. The molecule has 2 heterocycles. The van der Waals surface area contributed by atoms with Crippen LogP contribution in [-0.4, -0.2) is 30.2 Å². The van der Waals surface area contributed by atoms with Crippen LogP contribution >= 0.6 is 0 Å². The molecule has 1 spiro atoms. The Labute approximate surface area is 95.7 Å². The van der Waals surface area contributed by atoms with Gasteiger partial charge in [0.2, 0.25) is 11.8 Å². The molecular formula is C12H17N3O. The Kier molecular flexibility index (Phi) is 2.23. The van der Waals surface area contributed by atoms with Crippen molar-refractivity contribution in [1.82, 2.24) is 9.97 Å². The van der Waals surface area contributed by atoms with E-state index in [0.29, 0.717) is 11.3 Å². The van der Waals surface area contributed by atoms with Gasteiger partial charge in [-0.15, -0.1) is 0 Å². The number of hydrogen-bond donors (Lipinski definition) is 0. The van der Waals surface area contributed by atoms with Crippen LogP contribution in [0.1, 0.15) is 25.7 Å². The Balaban J connectivity index is 1.80. The third-order valence-electron chi connectivity index (χ3n) is 3.73. The van der Waals surface area contributed by atoms with Gasteiger partial charge in [-0.3, -0.25) is 0 Å². The fourth-order valence-electron chi connectivity index (χ4n) is 2.56. The molecule has 0 bridgehead atoms. The Morgan fingerprint density at radius 1 is 1.38 bits per heavy atom. The van der Waals surface area contributed by atoms with E-state index in [1.807, 2.05) is 0 Å². The lowest BCUT2D eigenvalue weighted by Crippen LogP contribution is -2.37. The Hall–Kier alpha value is -1.32. The predicted molar refractivity (Wildman–Crippen MR) is 61.7 cm³/mol. The number of nitrogens with zero attached hydrogens (tertiary/aromatic N) is 3. The average Bonchev–Trinajstić information content (AvgIpc) is 3.08. The topological polar surface area (TPSA) is 38.2 Å². The maximum absolute atomic E-state index is 5.14. The lowest BCUT2D eigenvalue weighted by molar-refractivity contribution is 0.381. The van der Waals surface area contributed by atoms with Crippen molar-refractivity contribution in [2.75, 3.05) is 25.1 Å². The zero-order valence-corrected chi connectivity index (χ0v) is 9.65. The molecule has 3 rings (SSSR count). The highest BCUT2D eigenvalue weighted by Crippen LogP contribution is 2.52. The van der Waals surface area contributed by atoms with Crippen LogP contribution in [0.2, 0.25) is 0 Å². The molecule has 4 heteroatoms. The van der Waals surface area contributed by atoms with Crippen molar-refractivity contribution in [3.05, 3.63) is 12.3 Å². The van der Waals surface area contributed by atoms with Gasteiger partial charge in [-0.05, 0) is 31.1 Å². The van der Waals surface area contributed by atoms with Crippen LogP contribution in [-0.2, 0) is 0 Å². The van der Waals surface area contributed by atoms with Gasteiger partial charge in [-0.25, -0.2) is 4.98 Å². The quantitative estimate of drug-likeness (QED) is 0.761. The number of piperidine rings is 1. The van der Waals surface area contributed by atoms with Gasteiger partial charge in [0.1, 0.15) is 0 Å². The smallest absolute Gasteiger partial charge is 0.228 e. The molecule has 2 fully saturated rings. The molecule has 1 saturated heterocycles. The second-order valence-corrected chi connectivity index (χ2v) is 4.92. The van der Waals surface area contributed by atoms with Crippen LogP contribution < -0.4 is 9.64 Å². The third-order valence-corrected chi connectivity index (χ3v) is 3.73. The predicted octanol–water partition coefficient (Wildman–Crippen LogP) is 1.87. The van der Waals surface area contributed by atoms with E-state index in [0.717, 1.165) is 19.0 Å². The largest absolute Gasteiger partial charge is 0.481 e. The first kappa shape index (κ1) is 9.87. The van der Waals surface area contributed by atoms with Crippen molar-refractivity contribution in [3.8, 4) is 5.88 Å². The van der Waals surface area contributed by atoms with E-state index in [-0.39, 0.29) is 0 Å². The van der Waals surface area contributed by atoms with Gasteiger partial charge in [0.25, 0.3) is 0 Å². The summed E-state index contributed by atoms with van der Waals surface area (Å²) in [6, 6.07) is 1.79. The van der Waals surface area contributed by atoms with Gasteiger partial charge < -0.3 is 9.64 Å². The van der Waals surface area contributed by atoms with Crippen LogP contribution in [0.15, 0.2) is 12.3 Å². The number of rotatable bonds is 2. The summed E-state index contributed by atoms with van der Waals surface area (Å²) in [6.45, 7) is 2.20. The van der Waals surface area contributed by atoms with Crippen LogP contribution in [0.3, 0.4) is 0 Å². The molecule has 0 N–H and O–H groups in total. The molecule has 1 aromatic rings. The maximum Gasteiger partial charge on any atom is 0.228 e. The lowest BCUT2D eigenvalue weighted by atomic mass is 9.95. The van der Waals surface area contributed by atoms with E-state index in [4.69, 9.17) is 4.74 Å². The van der Waals surface area contributed by atoms with E-state index in [2.05, 4.69) is 14.9 Å². The molecule has 0 atom stereocenters. The fraction of sp³-hybridized carbons (Fsp3) is 0.667. The summed E-state index contributed by atoms with van der Waals surface area (Å²) in [4.78, 5) is 11.0. The van der Waals surface area contributed by atoms with E-state index in [9.17, 15) is 0 Å². The number of ether oxygens (including phenoxy) is 1. The van der Waals surface area contributed by atoms with Gasteiger partial charge in [0.05, 0.1) is 7.11 Å². The van der Waals surface area contributed by atoms with Gasteiger partial charge in [0, 0.05) is 25.4 Å². The van der Waals surface area contributed by atoms with Crippen molar-refractivity contribution in [2.45, 2.75) is 25.7 Å². The van der Waals surface area contributed by atoms with E-state index >= 15 is 0 Å². The van der Waals surface area contributed by atoms with E-state index in [1.54, 1.807) is 19.4 Å². The highest BCUT2D eigenvalue weighted by molar-refractivity contribution is 5.34. The summed E-state index contributed by atoms with van der Waals surface area (Å²) in [5.41, 5.74) is 0.602. The summed E-state index contributed by atoms with van der Waals surface area (Å²) in [5, 5.41) is 0. The van der Waals surface area contributed by atoms with Crippen molar-refractivity contribution in [1.29, 1.82) is 0 Å². The van der Waals surface area contributed by atoms with Crippen LogP contribution in [0.25, 0.3) is 0 Å². The Morgan fingerprint density at radius 2 is 2.25 bits per heavy atom. The van der Waals surface area contributed by atoms with Crippen molar-refractivity contribution < 1.29 is 4.74 Å². The average molecular weight is 219 g/mol. The van der Waals surface area contributed by atoms with Crippen molar-refractivity contribution in [3.63, 3.8) is 0 Å². The number of anilines is 1. The highest BCUT2D eigenvalue weighted by Gasteiger charge is 2.45. The standard InChI is InChI=1S/C12H17N3O/c1-16-10-3-7-13-11(14-10)15-8-2-4-12(9-15)5-6-12/h3,7H,2,4-6,8-9H2,1H3. The first-order valence-corrected chi connectivity index (χ1v) is 5.93. The number of methoxy groups -OCH3 is 1. The van der Waals surface area contributed by atoms with Crippen LogP contribution in [0.5, 0.6) is 5.88 Å². The first-order chi connectivity index (χ1) is 7.81. The van der Waals surface area contributed by atoms with Crippen molar-refractivity contribution >= 4 is 5.95 Å². The summed E-state index contributed by atoms with van der Waals surface area (Å²) in [5.74, 6) is 1.48. The Bertz CT molecular complexity index is 390. The van der Waals surface area contributed by atoms with Gasteiger partial charge in [-0.2, -0.15) is 4.98 Å².